The molecule has 0 bridgehead atoms. The molecule has 0 aromatic heterocycles. The Morgan fingerprint density at radius 2 is 1.55 bits per heavy atom. The van der Waals surface area contributed by atoms with E-state index in [4.69, 9.17) is 9.29 Å². The van der Waals surface area contributed by atoms with Crippen LogP contribution >= 0.6 is 0 Å². The maximum atomic E-state index is 13.0. The van der Waals surface area contributed by atoms with Crippen LogP contribution in [0.2, 0.25) is 0 Å². The van der Waals surface area contributed by atoms with Crippen LogP contribution in [0, 0.1) is 5.41 Å². The molecular weight excluding hydrogens is 462 g/mol. The summed E-state index contributed by atoms with van der Waals surface area (Å²) in [7, 11) is -8.32. The highest BCUT2D eigenvalue weighted by Crippen LogP contribution is 2.38. The van der Waals surface area contributed by atoms with Crippen molar-refractivity contribution in [3.8, 4) is 5.75 Å². The molecule has 33 heavy (non-hydrogen) atoms. The van der Waals surface area contributed by atoms with Gasteiger partial charge in [-0.05, 0) is 41.4 Å². The molecule has 0 heterocycles. The van der Waals surface area contributed by atoms with E-state index >= 15 is 0 Å². The fraction of sp³-hybridized carbons (Fsp3) is 0.750. The van der Waals surface area contributed by atoms with Crippen LogP contribution in [-0.2, 0) is 25.6 Å². The van der Waals surface area contributed by atoms with E-state index in [1.165, 1.54) is 19.3 Å². The average molecular weight is 506 g/mol. The van der Waals surface area contributed by atoms with E-state index in [1.807, 2.05) is 6.07 Å². The summed E-state index contributed by atoms with van der Waals surface area (Å²) in [5.41, 5.74) is 0.623. The van der Waals surface area contributed by atoms with E-state index in [0.717, 1.165) is 31.2 Å². The summed E-state index contributed by atoms with van der Waals surface area (Å²) < 4.78 is 65.2. The van der Waals surface area contributed by atoms with Crippen molar-refractivity contribution < 1.29 is 26.1 Å². The Balaban J connectivity index is 3.12. The second kappa shape index (κ2) is 12.5. The summed E-state index contributed by atoms with van der Waals surface area (Å²) in [5.74, 6) is -0.451. The molecule has 1 aromatic carbocycles. The average Bonchev–Trinajstić information content (AvgIpc) is 2.64. The summed E-state index contributed by atoms with van der Waals surface area (Å²) in [6, 6.07) is 5.21. The zero-order chi connectivity index (χ0) is 25.3. The van der Waals surface area contributed by atoms with Gasteiger partial charge in [0.05, 0.1) is 12.4 Å². The molecule has 0 unspecified atom stereocenters. The lowest BCUT2D eigenvalue weighted by Gasteiger charge is -2.33. The molecule has 0 aliphatic carbocycles. The SMILES string of the molecule is CCCCCCCCOc1ccc(C(C)(C)CC(C)(C)C)cc1S(=O)(=O)NCCS(=O)(=O)O. The van der Waals surface area contributed by atoms with E-state index in [2.05, 4.69) is 46.3 Å². The highest BCUT2D eigenvalue weighted by molar-refractivity contribution is 7.89. The number of hydrogen-bond donors (Lipinski definition) is 2. The van der Waals surface area contributed by atoms with Crippen LogP contribution in [-0.4, -0.2) is 40.3 Å². The van der Waals surface area contributed by atoms with Gasteiger partial charge >= 0.3 is 0 Å². The van der Waals surface area contributed by atoms with Crippen molar-refractivity contribution in [1.29, 1.82) is 0 Å². The minimum atomic E-state index is -4.28. The van der Waals surface area contributed by atoms with Crippen molar-refractivity contribution in [3.63, 3.8) is 0 Å². The Morgan fingerprint density at radius 3 is 2.12 bits per heavy atom. The van der Waals surface area contributed by atoms with Crippen LogP contribution in [0.5, 0.6) is 5.75 Å². The lowest BCUT2D eigenvalue weighted by atomic mass is 9.72. The normalized spacial score (nSPS) is 13.3. The predicted octanol–water partition coefficient (Wildman–Crippen LogP) is 5.31. The van der Waals surface area contributed by atoms with Gasteiger partial charge in [0.1, 0.15) is 10.6 Å². The van der Waals surface area contributed by atoms with E-state index in [1.54, 1.807) is 12.1 Å². The molecular formula is C24H43NO6S2. The zero-order valence-corrected chi connectivity index (χ0v) is 22.7. The van der Waals surface area contributed by atoms with Crippen molar-refractivity contribution in [2.24, 2.45) is 5.41 Å². The number of rotatable bonds is 15. The minimum absolute atomic E-state index is 0.0108. The van der Waals surface area contributed by atoms with Crippen LogP contribution in [0.25, 0.3) is 0 Å². The fourth-order valence-corrected chi connectivity index (χ4v) is 5.82. The summed E-state index contributed by atoms with van der Waals surface area (Å²) in [6.45, 7) is 12.7. The molecule has 0 aliphatic heterocycles. The van der Waals surface area contributed by atoms with Gasteiger partial charge in [0, 0.05) is 6.54 Å². The molecule has 1 aromatic rings. The first-order valence-corrected chi connectivity index (χ1v) is 14.9. The number of unbranched alkanes of at least 4 members (excludes halogenated alkanes) is 5. The van der Waals surface area contributed by atoms with Gasteiger partial charge in [0.25, 0.3) is 10.1 Å². The number of hydrogen-bond acceptors (Lipinski definition) is 5. The van der Waals surface area contributed by atoms with E-state index in [0.29, 0.717) is 6.61 Å². The standard InChI is InChI=1S/C24H43NO6S2/c1-7-8-9-10-11-12-16-31-21-14-13-20(24(5,6)19-23(2,3)4)18-22(21)33(29,30)25-15-17-32(26,27)28/h13-14,18,25H,7-12,15-17,19H2,1-6H3,(H,26,27,28). The van der Waals surface area contributed by atoms with Gasteiger partial charge in [0.15, 0.2) is 0 Å². The van der Waals surface area contributed by atoms with E-state index in [-0.39, 0.29) is 21.5 Å². The summed E-state index contributed by atoms with van der Waals surface area (Å²) in [5, 5.41) is 0. The molecule has 0 amide bonds. The lowest BCUT2D eigenvalue weighted by molar-refractivity contribution is 0.281. The van der Waals surface area contributed by atoms with Crippen LogP contribution in [0.4, 0.5) is 0 Å². The first kappa shape index (κ1) is 29.9. The van der Waals surface area contributed by atoms with Gasteiger partial charge in [-0.3, -0.25) is 4.55 Å². The molecule has 0 aliphatic rings. The second-order valence-corrected chi connectivity index (χ2v) is 13.9. The topological polar surface area (TPSA) is 110 Å². The molecule has 0 atom stereocenters. The maximum Gasteiger partial charge on any atom is 0.266 e. The van der Waals surface area contributed by atoms with Gasteiger partial charge in [-0.2, -0.15) is 8.42 Å². The molecule has 0 saturated heterocycles. The number of nitrogens with one attached hydrogen (secondary N) is 1. The Hall–Kier alpha value is -1.16. The van der Waals surface area contributed by atoms with Crippen LogP contribution in [0.1, 0.15) is 92.1 Å². The van der Waals surface area contributed by atoms with E-state index < -0.39 is 32.4 Å². The molecule has 1 rings (SSSR count). The minimum Gasteiger partial charge on any atom is -0.492 e. The van der Waals surface area contributed by atoms with Crippen molar-refractivity contribution >= 4 is 20.1 Å². The molecule has 0 radical (unpaired) electrons. The highest BCUT2D eigenvalue weighted by atomic mass is 32.2. The maximum absolute atomic E-state index is 13.0. The largest absolute Gasteiger partial charge is 0.492 e. The van der Waals surface area contributed by atoms with Crippen LogP contribution in [0.15, 0.2) is 23.1 Å². The third-order valence-corrected chi connectivity index (χ3v) is 7.60. The third kappa shape index (κ3) is 11.7. The molecule has 192 valence electrons. The van der Waals surface area contributed by atoms with Crippen molar-refractivity contribution in [2.45, 2.75) is 96.8 Å². The van der Waals surface area contributed by atoms with Gasteiger partial charge < -0.3 is 4.74 Å². The molecule has 0 spiro atoms. The van der Waals surface area contributed by atoms with Gasteiger partial charge in [-0.15, -0.1) is 0 Å². The second-order valence-electron chi connectivity index (χ2n) is 10.6. The smallest absolute Gasteiger partial charge is 0.266 e. The van der Waals surface area contributed by atoms with E-state index in [9.17, 15) is 16.8 Å². The van der Waals surface area contributed by atoms with Crippen molar-refractivity contribution in [2.75, 3.05) is 18.9 Å². The predicted molar refractivity (Wildman–Crippen MR) is 134 cm³/mol. The summed E-state index contributed by atoms with van der Waals surface area (Å²) in [4.78, 5) is -0.0108. The zero-order valence-electron chi connectivity index (χ0n) is 21.1. The first-order valence-electron chi connectivity index (χ1n) is 11.8. The van der Waals surface area contributed by atoms with Crippen LogP contribution in [0.3, 0.4) is 0 Å². The molecule has 7 nitrogen and oxygen atoms in total. The molecule has 0 fully saturated rings. The Morgan fingerprint density at radius 1 is 0.939 bits per heavy atom. The molecule has 2 N–H and O–H groups in total. The van der Waals surface area contributed by atoms with Crippen molar-refractivity contribution in [1.82, 2.24) is 4.72 Å². The first-order chi connectivity index (χ1) is 15.1. The number of benzene rings is 1. The Bertz CT molecular complexity index is 948. The number of sulfonamides is 1. The van der Waals surface area contributed by atoms with Gasteiger partial charge in [0.2, 0.25) is 10.0 Å². The summed E-state index contributed by atoms with van der Waals surface area (Å²) in [6.07, 6.45) is 7.39. The van der Waals surface area contributed by atoms with Crippen molar-refractivity contribution in [3.05, 3.63) is 23.8 Å². The lowest BCUT2D eigenvalue weighted by Crippen LogP contribution is -2.30. The van der Waals surface area contributed by atoms with Crippen LogP contribution < -0.4 is 9.46 Å². The van der Waals surface area contributed by atoms with Gasteiger partial charge in [-0.25, -0.2) is 13.1 Å². The molecule has 9 heteroatoms. The quantitative estimate of drug-likeness (QED) is 0.247. The summed E-state index contributed by atoms with van der Waals surface area (Å²) >= 11 is 0. The Labute approximate surface area is 201 Å². The Kier molecular flexibility index (Phi) is 11.3. The highest BCUT2D eigenvalue weighted by Gasteiger charge is 2.30. The number of ether oxygens (including phenoxy) is 1. The monoisotopic (exact) mass is 505 g/mol. The third-order valence-electron chi connectivity index (χ3n) is 5.39. The van der Waals surface area contributed by atoms with Gasteiger partial charge in [-0.1, -0.05) is 79.7 Å². The fourth-order valence-electron chi connectivity index (χ4n) is 4.13. The molecule has 0 saturated carbocycles.